The third kappa shape index (κ3) is 27.3. The van der Waals surface area contributed by atoms with Gasteiger partial charge >= 0.3 is 0 Å². The highest BCUT2D eigenvalue weighted by Crippen LogP contribution is 2.20. The molecule has 0 aliphatic carbocycles. The zero-order chi connectivity index (χ0) is 27.1. The summed E-state index contributed by atoms with van der Waals surface area (Å²) in [7, 11) is 0. The minimum atomic E-state index is 0.783. The Hall–Kier alpha value is -0.0800. The van der Waals surface area contributed by atoms with Gasteiger partial charge in [0.25, 0.3) is 0 Å². The number of hydrogen-bond acceptors (Lipinski definition) is 2. The Kier molecular flexibility index (Phi) is 32.1. The Morgan fingerprint density at radius 2 is 0.757 bits per heavy atom. The standard InChI is InChI=1S/C35H73NO/c1-5-9-12-15-18-20-22-25-28-31-36(32-34-37-33-8-4)35(29-26-23-17-14-11-7-3)30-27-24-21-19-16-13-10-6-2/h35H,5-34H2,1-4H3. The first-order chi connectivity index (χ1) is 18.3. The van der Waals surface area contributed by atoms with E-state index in [2.05, 4.69) is 32.6 Å². The van der Waals surface area contributed by atoms with Crippen LogP contribution in [0.1, 0.15) is 195 Å². The van der Waals surface area contributed by atoms with Crippen LogP contribution < -0.4 is 0 Å². The molecule has 1 atom stereocenters. The molecule has 0 amide bonds. The molecule has 0 N–H and O–H groups in total. The summed E-state index contributed by atoms with van der Waals surface area (Å²) >= 11 is 0. The summed E-state index contributed by atoms with van der Waals surface area (Å²) in [4.78, 5) is 2.87. The summed E-state index contributed by atoms with van der Waals surface area (Å²) in [5.74, 6) is 0. The molecule has 2 nitrogen and oxygen atoms in total. The second kappa shape index (κ2) is 32.1. The van der Waals surface area contributed by atoms with Crippen LogP contribution in [0.4, 0.5) is 0 Å². The molecule has 2 heteroatoms. The first-order valence-corrected chi connectivity index (χ1v) is 17.6. The summed E-state index contributed by atoms with van der Waals surface area (Å²) in [6.07, 6.45) is 36.7. The smallest absolute Gasteiger partial charge is 0.0593 e. The second-order valence-corrected chi connectivity index (χ2v) is 12.0. The van der Waals surface area contributed by atoms with Crippen LogP contribution in [-0.2, 0) is 4.74 Å². The molecular formula is C35H73NO. The fraction of sp³-hybridized carbons (Fsp3) is 1.00. The lowest BCUT2D eigenvalue weighted by molar-refractivity contribution is 0.0794. The Balaban J connectivity index is 4.58. The molecular weight excluding hydrogens is 450 g/mol. The van der Waals surface area contributed by atoms with Gasteiger partial charge in [-0.3, -0.25) is 4.90 Å². The average molecular weight is 524 g/mol. The molecule has 0 rings (SSSR count). The maximum atomic E-state index is 5.97. The van der Waals surface area contributed by atoms with E-state index in [1.807, 2.05) is 0 Å². The van der Waals surface area contributed by atoms with Crippen molar-refractivity contribution in [2.75, 3.05) is 26.3 Å². The number of ether oxygens (including phenoxy) is 1. The molecule has 0 aliphatic heterocycles. The number of rotatable bonds is 32. The van der Waals surface area contributed by atoms with Crippen molar-refractivity contribution < 1.29 is 4.74 Å². The summed E-state index contributed by atoms with van der Waals surface area (Å²) in [6, 6.07) is 0.783. The maximum absolute atomic E-state index is 5.97. The lowest BCUT2D eigenvalue weighted by Gasteiger charge is -2.32. The number of unbranched alkanes of at least 4 members (excludes halogenated alkanes) is 20. The van der Waals surface area contributed by atoms with E-state index >= 15 is 0 Å². The lowest BCUT2D eigenvalue weighted by Crippen LogP contribution is -2.38. The molecule has 0 spiro atoms. The minimum absolute atomic E-state index is 0.783. The summed E-state index contributed by atoms with van der Waals surface area (Å²) in [6.45, 7) is 13.5. The van der Waals surface area contributed by atoms with Crippen molar-refractivity contribution in [3.63, 3.8) is 0 Å². The van der Waals surface area contributed by atoms with Gasteiger partial charge < -0.3 is 4.74 Å². The van der Waals surface area contributed by atoms with Gasteiger partial charge in [-0.2, -0.15) is 0 Å². The molecule has 0 heterocycles. The molecule has 0 aromatic rings. The molecule has 37 heavy (non-hydrogen) atoms. The summed E-state index contributed by atoms with van der Waals surface area (Å²) in [5, 5.41) is 0. The van der Waals surface area contributed by atoms with Gasteiger partial charge in [-0.05, 0) is 32.2 Å². The zero-order valence-corrected chi connectivity index (χ0v) is 26.6. The van der Waals surface area contributed by atoms with Crippen LogP contribution in [0, 0.1) is 0 Å². The van der Waals surface area contributed by atoms with Crippen molar-refractivity contribution in [2.45, 2.75) is 201 Å². The van der Waals surface area contributed by atoms with Crippen molar-refractivity contribution in [3.05, 3.63) is 0 Å². The van der Waals surface area contributed by atoms with Gasteiger partial charge in [-0.25, -0.2) is 0 Å². The molecule has 0 aromatic heterocycles. The minimum Gasteiger partial charge on any atom is -0.380 e. The van der Waals surface area contributed by atoms with Gasteiger partial charge in [0.05, 0.1) is 6.61 Å². The Bertz CT molecular complexity index is 399. The van der Waals surface area contributed by atoms with Gasteiger partial charge in [-0.1, -0.05) is 169 Å². The molecule has 224 valence electrons. The second-order valence-electron chi connectivity index (χ2n) is 12.0. The Labute approximate surface area is 236 Å². The molecule has 1 unspecified atom stereocenters. The molecule has 0 bridgehead atoms. The normalized spacial score (nSPS) is 12.6. The van der Waals surface area contributed by atoms with Crippen LogP contribution in [-0.4, -0.2) is 37.2 Å². The van der Waals surface area contributed by atoms with E-state index < -0.39 is 0 Å². The van der Waals surface area contributed by atoms with Crippen LogP contribution in [0.25, 0.3) is 0 Å². The van der Waals surface area contributed by atoms with Gasteiger partial charge in [0.1, 0.15) is 0 Å². The highest BCUT2D eigenvalue weighted by Gasteiger charge is 2.18. The van der Waals surface area contributed by atoms with Crippen molar-refractivity contribution in [1.29, 1.82) is 0 Å². The predicted octanol–water partition coefficient (Wildman–Crippen LogP) is 11.9. The van der Waals surface area contributed by atoms with Crippen molar-refractivity contribution in [2.24, 2.45) is 0 Å². The van der Waals surface area contributed by atoms with E-state index in [1.165, 1.54) is 167 Å². The van der Waals surface area contributed by atoms with E-state index in [-0.39, 0.29) is 0 Å². The van der Waals surface area contributed by atoms with Crippen LogP contribution >= 0.6 is 0 Å². The zero-order valence-electron chi connectivity index (χ0n) is 26.6. The van der Waals surface area contributed by atoms with E-state index in [1.54, 1.807) is 0 Å². The van der Waals surface area contributed by atoms with Crippen LogP contribution in [0.15, 0.2) is 0 Å². The monoisotopic (exact) mass is 524 g/mol. The van der Waals surface area contributed by atoms with Gasteiger partial charge in [0.2, 0.25) is 0 Å². The van der Waals surface area contributed by atoms with Crippen molar-refractivity contribution in [1.82, 2.24) is 4.90 Å². The SMILES string of the molecule is CCCCCCCCCCCN(CCOCCC)C(CCCCCCCC)CCCCCCCCCC. The van der Waals surface area contributed by atoms with E-state index in [4.69, 9.17) is 4.74 Å². The topological polar surface area (TPSA) is 12.5 Å². The van der Waals surface area contributed by atoms with Gasteiger partial charge in [-0.15, -0.1) is 0 Å². The molecule has 0 radical (unpaired) electrons. The molecule has 0 aliphatic rings. The lowest BCUT2D eigenvalue weighted by atomic mass is 9.98. The van der Waals surface area contributed by atoms with Crippen LogP contribution in [0.2, 0.25) is 0 Å². The fourth-order valence-electron chi connectivity index (χ4n) is 5.71. The van der Waals surface area contributed by atoms with Crippen LogP contribution in [0.3, 0.4) is 0 Å². The van der Waals surface area contributed by atoms with Crippen LogP contribution in [0.5, 0.6) is 0 Å². The first kappa shape index (κ1) is 36.9. The average Bonchev–Trinajstić information content (AvgIpc) is 2.91. The summed E-state index contributed by atoms with van der Waals surface area (Å²) < 4.78 is 5.97. The van der Waals surface area contributed by atoms with Gasteiger partial charge in [0.15, 0.2) is 0 Å². The Morgan fingerprint density at radius 1 is 0.378 bits per heavy atom. The highest BCUT2D eigenvalue weighted by molar-refractivity contribution is 4.73. The molecule has 0 aromatic carbocycles. The quantitative estimate of drug-likeness (QED) is 0.0813. The number of hydrogen-bond donors (Lipinski definition) is 0. The van der Waals surface area contributed by atoms with E-state index in [0.29, 0.717) is 0 Å². The molecule has 0 fully saturated rings. The third-order valence-electron chi connectivity index (χ3n) is 8.22. The first-order valence-electron chi connectivity index (χ1n) is 17.6. The maximum Gasteiger partial charge on any atom is 0.0593 e. The highest BCUT2D eigenvalue weighted by atomic mass is 16.5. The predicted molar refractivity (Wildman–Crippen MR) is 169 cm³/mol. The van der Waals surface area contributed by atoms with Crippen molar-refractivity contribution >= 4 is 0 Å². The Morgan fingerprint density at radius 3 is 1.16 bits per heavy atom. The number of nitrogens with zero attached hydrogens (tertiary/aromatic N) is 1. The van der Waals surface area contributed by atoms with Gasteiger partial charge in [0, 0.05) is 19.2 Å². The molecule has 0 saturated heterocycles. The molecule has 0 saturated carbocycles. The van der Waals surface area contributed by atoms with E-state index in [9.17, 15) is 0 Å². The third-order valence-corrected chi connectivity index (χ3v) is 8.22. The van der Waals surface area contributed by atoms with Crippen molar-refractivity contribution in [3.8, 4) is 0 Å². The largest absolute Gasteiger partial charge is 0.380 e. The van der Waals surface area contributed by atoms with E-state index in [0.717, 1.165) is 32.2 Å². The fourth-order valence-corrected chi connectivity index (χ4v) is 5.71. The summed E-state index contributed by atoms with van der Waals surface area (Å²) in [5.41, 5.74) is 0.